The maximum absolute atomic E-state index is 13.4. The fraction of sp³-hybridized carbons (Fsp3) is 0.565. The summed E-state index contributed by atoms with van der Waals surface area (Å²) in [6.45, 7) is 7.47. The maximum Gasteiger partial charge on any atom is 0.255 e. The van der Waals surface area contributed by atoms with Gasteiger partial charge in [-0.05, 0) is 44.0 Å². The predicted octanol–water partition coefficient (Wildman–Crippen LogP) is 3.06. The Bertz CT molecular complexity index is 835. The smallest absolute Gasteiger partial charge is 0.255 e. The normalized spacial score (nSPS) is 25.8. The lowest BCUT2D eigenvalue weighted by molar-refractivity contribution is -0.408. The number of unbranched alkanes of at least 4 members (excludes halogenated alkanes) is 1. The van der Waals surface area contributed by atoms with E-state index in [4.69, 9.17) is 18.9 Å². The Kier molecular flexibility index (Phi) is 7.02. The van der Waals surface area contributed by atoms with Gasteiger partial charge in [-0.3, -0.25) is 4.79 Å². The molecule has 0 spiro atoms. The van der Waals surface area contributed by atoms with Gasteiger partial charge in [-0.15, -0.1) is 0 Å². The van der Waals surface area contributed by atoms with Crippen LogP contribution in [0.15, 0.2) is 42.7 Å². The standard InChI is InChI=1S/C23H31N3O5/c1-4-5-14-28-21(23-30-17(3)31-23)20-22(27)25(13-15-29-20)16(2)18-7-9-19(10-8-18)26-12-6-11-24-26/h6-12,16-17,20-21,23H,4-5,13-15H2,1-3H3/t16-,17?,20-,21-,23?/m1/s1. The third kappa shape index (κ3) is 4.82. The Morgan fingerprint density at radius 3 is 2.68 bits per heavy atom. The molecule has 8 heteroatoms. The van der Waals surface area contributed by atoms with Gasteiger partial charge in [-0.25, -0.2) is 4.68 Å². The lowest BCUT2D eigenvalue weighted by atomic mass is 10.0. The summed E-state index contributed by atoms with van der Waals surface area (Å²) in [7, 11) is 0. The second-order valence-corrected chi connectivity index (χ2v) is 7.94. The van der Waals surface area contributed by atoms with Gasteiger partial charge >= 0.3 is 0 Å². The van der Waals surface area contributed by atoms with Gasteiger partial charge in [0.05, 0.1) is 18.3 Å². The molecule has 2 aromatic rings. The number of nitrogens with zero attached hydrogens (tertiary/aromatic N) is 3. The summed E-state index contributed by atoms with van der Waals surface area (Å²) in [6, 6.07) is 9.88. The number of hydrogen-bond donors (Lipinski definition) is 0. The number of amides is 1. The number of ether oxygens (including phenoxy) is 4. The molecular formula is C23H31N3O5. The third-order valence-corrected chi connectivity index (χ3v) is 5.79. The Balaban J connectivity index is 1.46. The van der Waals surface area contributed by atoms with Crippen LogP contribution in [0.1, 0.15) is 45.2 Å². The Morgan fingerprint density at radius 1 is 1.26 bits per heavy atom. The maximum atomic E-state index is 13.4. The van der Waals surface area contributed by atoms with Crippen molar-refractivity contribution >= 4 is 5.91 Å². The topological polar surface area (TPSA) is 75.1 Å². The summed E-state index contributed by atoms with van der Waals surface area (Å²) in [5.74, 6) is -0.0943. The minimum atomic E-state index is -0.742. The summed E-state index contributed by atoms with van der Waals surface area (Å²) < 4.78 is 25.0. The van der Waals surface area contributed by atoms with Crippen molar-refractivity contribution in [3.8, 4) is 5.69 Å². The molecule has 31 heavy (non-hydrogen) atoms. The van der Waals surface area contributed by atoms with Crippen LogP contribution >= 0.6 is 0 Å². The van der Waals surface area contributed by atoms with Gasteiger partial charge in [-0.2, -0.15) is 5.10 Å². The molecule has 8 nitrogen and oxygen atoms in total. The lowest BCUT2D eigenvalue weighted by Gasteiger charge is -2.44. The molecule has 2 aliphatic heterocycles. The molecule has 2 fully saturated rings. The molecule has 3 atom stereocenters. The first-order valence-electron chi connectivity index (χ1n) is 11.0. The second-order valence-electron chi connectivity index (χ2n) is 7.94. The number of morpholine rings is 1. The molecule has 1 aromatic heterocycles. The van der Waals surface area contributed by atoms with E-state index in [-0.39, 0.29) is 18.2 Å². The molecule has 4 rings (SSSR count). The molecule has 0 radical (unpaired) electrons. The zero-order valence-electron chi connectivity index (χ0n) is 18.3. The molecule has 2 aliphatic rings. The highest BCUT2D eigenvalue weighted by Gasteiger charge is 2.47. The van der Waals surface area contributed by atoms with Crippen molar-refractivity contribution in [2.45, 2.75) is 64.4 Å². The van der Waals surface area contributed by atoms with E-state index in [1.54, 1.807) is 6.20 Å². The van der Waals surface area contributed by atoms with Crippen LogP contribution in [-0.4, -0.2) is 65.1 Å². The van der Waals surface area contributed by atoms with E-state index in [9.17, 15) is 4.79 Å². The minimum Gasteiger partial charge on any atom is -0.370 e. The van der Waals surface area contributed by atoms with Gasteiger partial charge in [0, 0.05) is 25.5 Å². The van der Waals surface area contributed by atoms with Crippen LogP contribution in [0.4, 0.5) is 0 Å². The van der Waals surface area contributed by atoms with Gasteiger partial charge in [-0.1, -0.05) is 25.5 Å². The van der Waals surface area contributed by atoms with E-state index in [1.807, 2.05) is 60.0 Å². The first-order valence-corrected chi connectivity index (χ1v) is 11.0. The minimum absolute atomic E-state index is 0.0935. The second kappa shape index (κ2) is 9.91. The first kappa shape index (κ1) is 22.0. The van der Waals surface area contributed by atoms with Crippen LogP contribution in [-0.2, 0) is 23.7 Å². The van der Waals surface area contributed by atoms with Gasteiger partial charge in [0.15, 0.2) is 18.7 Å². The molecule has 3 heterocycles. The molecule has 0 saturated carbocycles. The predicted molar refractivity (Wildman–Crippen MR) is 114 cm³/mol. The van der Waals surface area contributed by atoms with Crippen molar-refractivity contribution < 1.29 is 23.7 Å². The largest absolute Gasteiger partial charge is 0.370 e. The number of hydrogen-bond acceptors (Lipinski definition) is 6. The Labute approximate surface area is 183 Å². The quantitative estimate of drug-likeness (QED) is 0.571. The average Bonchev–Trinajstić information content (AvgIpc) is 3.30. The van der Waals surface area contributed by atoms with Crippen molar-refractivity contribution in [3.05, 3.63) is 48.3 Å². The van der Waals surface area contributed by atoms with Crippen LogP contribution in [0.5, 0.6) is 0 Å². The van der Waals surface area contributed by atoms with Crippen LogP contribution in [0.3, 0.4) is 0 Å². The van der Waals surface area contributed by atoms with E-state index in [0.29, 0.717) is 19.8 Å². The van der Waals surface area contributed by atoms with E-state index in [1.165, 1.54) is 0 Å². The highest BCUT2D eigenvalue weighted by molar-refractivity contribution is 5.82. The first-order chi connectivity index (χ1) is 15.1. The highest BCUT2D eigenvalue weighted by atomic mass is 16.9. The summed E-state index contributed by atoms with van der Waals surface area (Å²) in [5.41, 5.74) is 2.03. The SMILES string of the molecule is CCCCO[C@@H](C1OC(C)O1)[C@H]1OCCN([C@H](C)c2ccc(-n3cccn3)cc2)C1=O. The third-order valence-electron chi connectivity index (χ3n) is 5.79. The molecule has 0 N–H and O–H groups in total. The van der Waals surface area contributed by atoms with E-state index in [0.717, 1.165) is 24.1 Å². The highest BCUT2D eigenvalue weighted by Crippen LogP contribution is 2.30. The molecule has 0 bridgehead atoms. The molecular weight excluding hydrogens is 398 g/mol. The molecule has 2 saturated heterocycles. The van der Waals surface area contributed by atoms with Crippen molar-refractivity contribution in [2.24, 2.45) is 0 Å². The van der Waals surface area contributed by atoms with E-state index >= 15 is 0 Å². The monoisotopic (exact) mass is 429 g/mol. The average molecular weight is 430 g/mol. The summed E-state index contributed by atoms with van der Waals surface area (Å²) >= 11 is 0. The molecule has 1 amide bonds. The van der Waals surface area contributed by atoms with Crippen molar-refractivity contribution in [1.29, 1.82) is 0 Å². The van der Waals surface area contributed by atoms with Gasteiger partial charge < -0.3 is 23.8 Å². The van der Waals surface area contributed by atoms with Crippen LogP contribution in [0, 0.1) is 0 Å². The Morgan fingerprint density at radius 2 is 2.03 bits per heavy atom. The molecule has 1 aromatic carbocycles. The number of aromatic nitrogens is 2. The number of carbonyl (C=O) groups excluding carboxylic acids is 1. The molecule has 0 aliphatic carbocycles. The fourth-order valence-electron chi connectivity index (χ4n) is 3.97. The summed E-state index contributed by atoms with van der Waals surface area (Å²) in [4.78, 5) is 15.2. The zero-order chi connectivity index (χ0) is 21.8. The van der Waals surface area contributed by atoms with Crippen molar-refractivity contribution in [2.75, 3.05) is 19.8 Å². The van der Waals surface area contributed by atoms with Gasteiger partial charge in [0.2, 0.25) is 0 Å². The van der Waals surface area contributed by atoms with Crippen LogP contribution in [0.25, 0.3) is 5.69 Å². The molecule has 0 unspecified atom stereocenters. The van der Waals surface area contributed by atoms with Gasteiger partial charge in [0.1, 0.15) is 6.10 Å². The van der Waals surface area contributed by atoms with E-state index in [2.05, 4.69) is 12.0 Å². The number of carbonyl (C=O) groups is 1. The van der Waals surface area contributed by atoms with Crippen LogP contribution in [0.2, 0.25) is 0 Å². The number of benzene rings is 1. The summed E-state index contributed by atoms with van der Waals surface area (Å²) in [5, 5.41) is 4.26. The van der Waals surface area contributed by atoms with Crippen molar-refractivity contribution in [3.63, 3.8) is 0 Å². The molecule has 168 valence electrons. The fourth-order valence-corrected chi connectivity index (χ4v) is 3.97. The number of rotatable bonds is 9. The van der Waals surface area contributed by atoms with Crippen LogP contribution < -0.4 is 0 Å². The van der Waals surface area contributed by atoms with Gasteiger partial charge in [0.25, 0.3) is 5.91 Å². The summed E-state index contributed by atoms with van der Waals surface area (Å²) in [6.07, 6.45) is 3.38. The Hall–Kier alpha value is -2.26. The lowest BCUT2D eigenvalue weighted by Crippen LogP contribution is -2.60. The van der Waals surface area contributed by atoms with Crippen molar-refractivity contribution in [1.82, 2.24) is 14.7 Å². The zero-order valence-corrected chi connectivity index (χ0v) is 18.3. The van der Waals surface area contributed by atoms with E-state index < -0.39 is 18.5 Å².